The molecule has 92 valence electrons. The summed E-state index contributed by atoms with van der Waals surface area (Å²) in [6, 6.07) is 0.200. The molecule has 1 saturated carbocycles. The molecule has 1 aliphatic heterocycles. The van der Waals surface area contributed by atoms with Crippen LogP contribution in [0.25, 0.3) is 0 Å². The van der Waals surface area contributed by atoms with E-state index in [4.69, 9.17) is 0 Å². The Morgan fingerprint density at radius 3 is 2.50 bits per heavy atom. The van der Waals surface area contributed by atoms with Crippen LogP contribution in [0.4, 0.5) is 0 Å². The molecule has 1 saturated heterocycles. The van der Waals surface area contributed by atoms with Gasteiger partial charge in [-0.05, 0) is 18.3 Å². The molecule has 2 rings (SSSR count). The molecule has 4 nitrogen and oxygen atoms in total. The lowest BCUT2D eigenvalue weighted by atomic mass is 9.92. The summed E-state index contributed by atoms with van der Waals surface area (Å²) in [5.41, 5.74) is 0.108. The summed E-state index contributed by atoms with van der Waals surface area (Å²) in [6.45, 7) is 5.98. The molecule has 0 bridgehead atoms. The second-order valence-electron chi connectivity index (χ2n) is 5.96. The fourth-order valence-electron chi connectivity index (χ4n) is 2.74. The van der Waals surface area contributed by atoms with Crippen molar-refractivity contribution in [2.75, 3.05) is 26.7 Å². The van der Waals surface area contributed by atoms with Crippen LogP contribution < -0.4 is 0 Å². The van der Waals surface area contributed by atoms with Crippen LogP contribution in [0.15, 0.2) is 0 Å². The van der Waals surface area contributed by atoms with E-state index >= 15 is 0 Å². The van der Waals surface area contributed by atoms with Gasteiger partial charge in [0.05, 0.1) is 6.61 Å². The number of carbonyl (C=O) groups excluding carboxylic acids is 1. The van der Waals surface area contributed by atoms with Gasteiger partial charge in [0.25, 0.3) is 0 Å². The van der Waals surface area contributed by atoms with Gasteiger partial charge in [0, 0.05) is 26.2 Å². The molecular weight excluding hydrogens is 204 g/mol. The van der Waals surface area contributed by atoms with Crippen molar-refractivity contribution < 1.29 is 9.90 Å². The van der Waals surface area contributed by atoms with E-state index in [2.05, 4.69) is 18.7 Å². The highest BCUT2D eigenvalue weighted by Crippen LogP contribution is 2.34. The van der Waals surface area contributed by atoms with Crippen molar-refractivity contribution in [1.82, 2.24) is 9.80 Å². The third-order valence-electron chi connectivity index (χ3n) is 3.53. The molecule has 0 aromatic rings. The van der Waals surface area contributed by atoms with Gasteiger partial charge < -0.3 is 10.0 Å². The van der Waals surface area contributed by atoms with Gasteiger partial charge in [-0.15, -0.1) is 0 Å². The Labute approximate surface area is 97.2 Å². The fourth-order valence-corrected chi connectivity index (χ4v) is 2.74. The van der Waals surface area contributed by atoms with E-state index in [1.54, 1.807) is 4.90 Å². The van der Waals surface area contributed by atoms with Crippen LogP contribution >= 0.6 is 0 Å². The van der Waals surface area contributed by atoms with E-state index in [0.29, 0.717) is 6.04 Å². The highest BCUT2D eigenvalue weighted by Gasteiger charge is 2.43. The van der Waals surface area contributed by atoms with Crippen molar-refractivity contribution in [1.29, 1.82) is 0 Å². The Balaban J connectivity index is 2.23. The first-order valence-electron chi connectivity index (χ1n) is 6.06. The lowest BCUT2D eigenvalue weighted by molar-refractivity contribution is -0.135. The van der Waals surface area contributed by atoms with Gasteiger partial charge in [0.15, 0.2) is 0 Å². The molecule has 16 heavy (non-hydrogen) atoms. The minimum absolute atomic E-state index is 0.0598. The normalized spacial score (nSPS) is 31.6. The van der Waals surface area contributed by atoms with Crippen molar-refractivity contribution >= 4 is 5.91 Å². The number of carbonyl (C=O) groups is 1. The van der Waals surface area contributed by atoms with Crippen molar-refractivity contribution in [3.05, 3.63) is 0 Å². The maximum atomic E-state index is 12.1. The van der Waals surface area contributed by atoms with Crippen LogP contribution in [0.2, 0.25) is 0 Å². The Hall–Kier alpha value is -0.610. The summed E-state index contributed by atoms with van der Waals surface area (Å²) in [6.07, 6.45) is 2.34. The third-order valence-corrected chi connectivity index (χ3v) is 3.53. The molecule has 4 heteroatoms. The Kier molecular flexibility index (Phi) is 2.97. The minimum Gasteiger partial charge on any atom is -0.394 e. The maximum Gasteiger partial charge on any atom is 0.242 e. The zero-order valence-corrected chi connectivity index (χ0v) is 10.4. The molecule has 1 unspecified atom stereocenters. The molecule has 0 aromatic heterocycles. The standard InChI is InChI=1S/C12H22N2O2/c1-12(2)7-13(3)11(16)10(6-15)14(8-12)9-4-5-9/h9-10,15H,4-8H2,1-3H3. The van der Waals surface area contributed by atoms with Crippen LogP contribution in [0, 0.1) is 5.41 Å². The molecule has 0 spiro atoms. The third kappa shape index (κ3) is 2.23. The van der Waals surface area contributed by atoms with Gasteiger partial charge in [-0.25, -0.2) is 0 Å². The molecule has 1 N–H and O–H groups in total. The first kappa shape index (κ1) is 11.9. The number of nitrogens with zero attached hydrogens (tertiary/aromatic N) is 2. The van der Waals surface area contributed by atoms with Gasteiger partial charge in [-0.1, -0.05) is 13.8 Å². The number of aliphatic hydroxyl groups is 1. The second kappa shape index (κ2) is 4.00. The zero-order chi connectivity index (χ0) is 11.9. The van der Waals surface area contributed by atoms with Crippen molar-refractivity contribution in [2.45, 2.75) is 38.8 Å². The molecule has 1 aliphatic carbocycles. The highest BCUT2D eigenvalue weighted by atomic mass is 16.3. The second-order valence-corrected chi connectivity index (χ2v) is 5.96. The number of hydrogen-bond acceptors (Lipinski definition) is 3. The monoisotopic (exact) mass is 226 g/mol. The SMILES string of the molecule is CN1CC(C)(C)CN(C2CC2)C(CO)C1=O. The molecule has 0 aromatic carbocycles. The van der Waals surface area contributed by atoms with Gasteiger partial charge in [0.2, 0.25) is 5.91 Å². The Bertz CT molecular complexity index is 287. The molecule has 2 aliphatic rings. The highest BCUT2D eigenvalue weighted by molar-refractivity contribution is 5.82. The summed E-state index contributed by atoms with van der Waals surface area (Å²) in [5, 5.41) is 9.43. The van der Waals surface area contributed by atoms with Crippen LogP contribution in [0.5, 0.6) is 0 Å². The zero-order valence-electron chi connectivity index (χ0n) is 10.4. The summed E-state index contributed by atoms with van der Waals surface area (Å²) in [5.74, 6) is 0.0694. The summed E-state index contributed by atoms with van der Waals surface area (Å²) in [7, 11) is 1.84. The molecule has 0 radical (unpaired) electrons. The van der Waals surface area contributed by atoms with Crippen molar-refractivity contribution in [3.8, 4) is 0 Å². The van der Waals surface area contributed by atoms with E-state index in [1.165, 1.54) is 12.8 Å². The lowest BCUT2D eigenvalue weighted by Crippen LogP contribution is -2.48. The topological polar surface area (TPSA) is 43.8 Å². The van der Waals surface area contributed by atoms with Crippen LogP contribution in [0.3, 0.4) is 0 Å². The largest absolute Gasteiger partial charge is 0.394 e. The molecule has 1 amide bonds. The number of rotatable bonds is 2. The minimum atomic E-state index is -0.320. The van der Waals surface area contributed by atoms with E-state index in [0.717, 1.165) is 13.1 Å². The maximum absolute atomic E-state index is 12.1. The fraction of sp³-hybridized carbons (Fsp3) is 0.917. The van der Waals surface area contributed by atoms with Crippen LogP contribution in [-0.4, -0.2) is 59.6 Å². The summed E-state index contributed by atoms with van der Waals surface area (Å²) in [4.78, 5) is 16.1. The summed E-state index contributed by atoms with van der Waals surface area (Å²) < 4.78 is 0. The first-order valence-corrected chi connectivity index (χ1v) is 6.06. The average molecular weight is 226 g/mol. The van der Waals surface area contributed by atoms with E-state index in [9.17, 15) is 9.90 Å². The first-order chi connectivity index (χ1) is 7.44. The van der Waals surface area contributed by atoms with E-state index < -0.39 is 0 Å². The van der Waals surface area contributed by atoms with Crippen LogP contribution in [-0.2, 0) is 4.79 Å². The average Bonchev–Trinajstić information content (AvgIpc) is 2.98. The Morgan fingerprint density at radius 2 is 2.00 bits per heavy atom. The van der Waals surface area contributed by atoms with E-state index in [1.807, 2.05) is 7.05 Å². The molecular formula is C12H22N2O2. The number of aliphatic hydroxyl groups excluding tert-OH is 1. The predicted octanol–water partition coefficient (Wildman–Crippen LogP) is 0.310. The van der Waals surface area contributed by atoms with Gasteiger partial charge in [-0.3, -0.25) is 9.69 Å². The molecule has 2 fully saturated rings. The van der Waals surface area contributed by atoms with Crippen LogP contribution in [0.1, 0.15) is 26.7 Å². The molecule has 1 heterocycles. The lowest BCUT2D eigenvalue weighted by Gasteiger charge is -2.31. The quantitative estimate of drug-likeness (QED) is 0.737. The molecule has 1 atom stereocenters. The smallest absolute Gasteiger partial charge is 0.242 e. The number of likely N-dealkylation sites (N-methyl/N-ethyl adjacent to an activating group) is 1. The van der Waals surface area contributed by atoms with Crippen molar-refractivity contribution in [2.24, 2.45) is 5.41 Å². The Morgan fingerprint density at radius 1 is 1.38 bits per heavy atom. The summed E-state index contributed by atoms with van der Waals surface area (Å²) >= 11 is 0. The van der Waals surface area contributed by atoms with E-state index in [-0.39, 0.29) is 24.0 Å². The number of amides is 1. The number of hydrogen-bond donors (Lipinski definition) is 1. The van der Waals surface area contributed by atoms with Gasteiger partial charge >= 0.3 is 0 Å². The van der Waals surface area contributed by atoms with Gasteiger partial charge in [-0.2, -0.15) is 0 Å². The van der Waals surface area contributed by atoms with Gasteiger partial charge in [0.1, 0.15) is 6.04 Å². The predicted molar refractivity (Wildman–Crippen MR) is 62.0 cm³/mol. The van der Waals surface area contributed by atoms with Crippen molar-refractivity contribution in [3.63, 3.8) is 0 Å².